The van der Waals surface area contributed by atoms with Crippen molar-refractivity contribution in [2.75, 3.05) is 0 Å². The Morgan fingerprint density at radius 3 is 2.28 bits per heavy atom. The molecule has 5 nitrogen and oxygen atoms in total. The molecule has 168 valence electrons. The normalized spacial score (nSPS) is 30.7. The van der Waals surface area contributed by atoms with Crippen LogP contribution in [0, 0.1) is 23.2 Å². The van der Waals surface area contributed by atoms with Gasteiger partial charge in [0.2, 0.25) is 0 Å². The van der Waals surface area contributed by atoms with Gasteiger partial charge in [-0.2, -0.15) is 0 Å². The molecule has 0 spiro atoms. The molecule has 0 aromatic heterocycles. The Kier molecular flexibility index (Phi) is 5.03. The standard InChI is InChI=1S/C27H31NO4/c1-26(2,32-22-10-6-9-19(13-22)18-7-4-3-5-8-18)24(29)28-23-20-11-17-12-21(23)16-27(14-17,15-20)25(30)31/h3-10,13,17,20-21,23H,11-12,14-16H2,1-2H3,(H,28,29)(H,30,31). The lowest BCUT2D eigenvalue weighted by Crippen LogP contribution is -2.63. The molecule has 6 rings (SSSR count). The van der Waals surface area contributed by atoms with Crippen molar-refractivity contribution in [2.24, 2.45) is 23.2 Å². The number of nitrogens with one attached hydrogen (secondary N) is 1. The van der Waals surface area contributed by atoms with Gasteiger partial charge in [-0.05, 0) is 87.0 Å². The van der Waals surface area contributed by atoms with E-state index >= 15 is 0 Å². The van der Waals surface area contributed by atoms with Crippen LogP contribution in [0.2, 0.25) is 0 Å². The van der Waals surface area contributed by atoms with Crippen LogP contribution in [-0.2, 0) is 9.59 Å². The maximum atomic E-state index is 13.3. The molecule has 5 heteroatoms. The summed E-state index contributed by atoms with van der Waals surface area (Å²) in [4.78, 5) is 25.2. The lowest BCUT2D eigenvalue weighted by atomic mass is 9.48. The largest absolute Gasteiger partial charge is 0.481 e. The van der Waals surface area contributed by atoms with Crippen LogP contribution < -0.4 is 10.1 Å². The van der Waals surface area contributed by atoms with Crippen LogP contribution in [0.1, 0.15) is 46.0 Å². The Balaban J connectivity index is 1.29. The summed E-state index contributed by atoms with van der Waals surface area (Å²) >= 11 is 0. The number of benzene rings is 2. The van der Waals surface area contributed by atoms with Gasteiger partial charge < -0.3 is 15.2 Å². The van der Waals surface area contributed by atoms with E-state index in [0.717, 1.165) is 30.4 Å². The second kappa shape index (κ2) is 7.65. The van der Waals surface area contributed by atoms with Gasteiger partial charge in [-0.25, -0.2) is 0 Å². The van der Waals surface area contributed by atoms with E-state index in [1.54, 1.807) is 13.8 Å². The van der Waals surface area contributed by atoms with Crippen molar-refractivity contribution < 1.29 is 19.4 Å². The van der Waals surface area contributed by atoms with Crippen molar-refractivity contribution in [3.8, 4) is 16.9 Å². The highest BCUT2D eigenvalue weighted by molar-refractivity contribution is 5.85. The van der Waals surface area contributed by atoms with E-state index in [-0.39, 0.29) is 23.8 Å². The second-order valence-corrected chi connectivity index (χ2v) is 10.6. The van der Waals surface area contributed by atoms with E-state index in [2.05, 4.69) is 5.32 Å². The van der Waals surface area contributed by atoms with Gasteiger partial charge in [0.25, 0.3) is 5.91 Å². The number of hydrogen-bond acceptors (Lipinski definition) is 3. The third kappa shape index (κ3) is 3.68. The Labute approximate surface area is 189 Å². The second-order valence-electron chi connectivity index (χ2n) is 10.6. The highest BCUT2D eigenvalue weighted by Gasteiger charge is 2.59. The molecule has 0 heterocycles. The van der Waals surface area contributed by atoms with Crippen molar-refractivity contribution in [1.29, 1.82) is 0 Å². The first-order valence-corrected chi connectivity index (χ1v) is 11.6. The van der Waals surface area contributed by atoms with Gasteiger partial charge in [0.05, 0.1) is 5.41 Å². The van der Waals surface area contributed by atoms with Gasteiger partial charge in [-0.15, -0.1) is 0 Å². The van der Waals surface area contributed by atoms with Crippen LogP contribution in [0.5, 0.6) is 5.75 Å². The van der Waals surface area contributed by atoms with Gasteiger partial charge in [0.15, 0.2) is 5.60 Å². The summed E-state index contributed by atoms with van der Waals surface area (Å²) in [7, 11) is 0. The van der Waals surface area contributed by atoms with Crippen molar-refractivity contribution >= 4 is 11.9 Å². The van der Waals surface area contributed by atoms with Gasteiger partial charge in [-0.3, -0.25) is 9.59 Å². The highest BCUT2D eigenvalue weighted by Crippen LogP contribution is 2.60. The summed E-state index contributed by atoms with van der Waals surface area (Å²) in [6.07, 6.45) is 4.22. The molecule has 4 saturated carbocycles. The predicted molar refractivity (Wildman–Crippen MR) is 122 cm³/mol. The van der Waals surface area contributed by atoms with Crippen LogP contribution in [0.3, 0.4) is 0 Å². The first kappa shape index (κ1) is 21.0. The Bertz CT molecular complexity index is 1010. The maximum Gasteiger partial charge on any atom is 0.309 e. The van der Waals surface area contributed by atoms with E-state index in [9.17, 15) is 14.7 Å². The first-order valence-electron chi connectivity index (χ1n) is 11.6. The lowest BCUT2D eigenvalue weighted by Gasteiger charge is -2.58. The summed E-state index contributed by atoms with van der Waals surface area (Å²) in [5.41, 5.74) is 0.538. The van der Waals surface area contributed by atoms with Crippen molar-refractivity contribution in [2.45, 2.75) is 57.6 Å². The van der Waals surface area contributed by atoms with Gasteiger partial charge in [0, 0.05) is 6.04 Å². The number of carboxylic acid groups (broad SMARTS) is 1. The molecule has 2 unspecified atom stereocenters. The zero-order valence-electron chi connectivity index (χ0n) is 18.7. The van der Waals surface area contributed by atoms with Crippen LogP contribution in [0.15, 0.2) is 54.6 Å². The summed E-state index contributed by atoms with van der Waals surface area (Å²) < 4.78 is 6.17. The maximum absolute atomic E-state index is 13.3. The summed E-state index contributed by atoms with van der Waals surface area (Å²) in [5.74, 6) is 0.855. The summed E-state index contributed by atoms with van der Waals surface area (Å²) in [5, 5.41) is 13.1. The zero-order chi connectivity index (χ0) is 22.5. The zero-order valence-corrected chi connectivity index (χ0v) is 18.7. The third-order valence-corrected chi connectivity index (χ3v) is 7.89. The van der Waals surface area contributed by atoms with Crippen molar-refractivity contribution in [3.63, 3.8) is 0 Å². The van der Waals surface area contributed by atoms with Crippen LogP contribution in [-0.4, -0.2) is 28.6 Å². The molecular weight excluding hydrogens is 402 g/mol. The van der Waals surface area contributed by atoms with Crippen LogP contribution >= 0.6 is 0 Å². The molecule has 2 N–H and O–H groups in total. The number of carbonyl (C=O) groups is 2. The molecule has 0 saturated heterocycles. The van der Waals surface area contributed by atoms with Crippen LogP contribution in [0.4, 0.5) is 0 Å². The predicted octanol–water partition coefficient (Wildman–Crippen LogP) is 4.91. The van der Waals surface area contributed by atoms with Gasteiger partial charge in [0.1, 0.15) is 5.75 Å². The molecule has 2 atom stereocenters. The molecule has 1 amide bonds. The molecule has 4 aliphatic rings. The van der Waals surface area contributed by atoms with E-state index in [1.807, 2.05) is 54.6 Å². The fourth-order valence-electron chi connectivity index (χ4n) is 6.56. The summed E-state index contributed by atoms with van der Waals surface area (Å²) in [6, 6.07) is 17.9. The molecule has 32 heavy (non-hydrogen) atoms. The number of carbonyl (C=O) groups excluding carboxylic acids is 1. The Morgan fingerprint density at radius 1 is 0.969 bits per heavy atom. The molecule has 2 aromatic carbocycles. The molecular formula is C27H31NO4. The number of aliphatic carboxylic acids is 1. The quantitative estimate of drug-likeness (QED) is 0.679. The average Bonchev–Trinajstić information content (AvgIpc) is 2.76. The number of rotatable bonds is 6. The smallest absolute Gasteiger partial charge is 0.309 e. The molecule has 4 bridgehead atoms. The van der Waals surface area contributed by atoms with E-state index in [4.69, 9.17) is 4.74 Å². The Morgan fingerprint density at radius 2 is 1.62 bits per heavy atom. The number of carboxylic acids is 1. The summed E-state index contributed by atoms with van der Waals surface area (Å²) in [6.45, 7) is 3.60. The topological polar surface area (TPSA) is 75.6 Å². The molecule has 4 fully saturated rings. The molecule has 2 aromatic rings. The fourth-order valence-corrected chi connectivity index (χ4v) is 6.56. The SMILES string of the molecule is CC(C)(Oc1cccc(-c2ccccc2)c1)C(=O)NC1C2CC3CC1CC(C(=O)O)(C3)C2. The minimum absolute atomic E-state index is 0.0463. The minimum Gasteiger partial charge on any atom is -0.481 e. The number of ether oxygens (including phenoxy) is 1. The molecule has 0 radical (unpaired) electrons. The average molecular weight is 434 g/mol. The van der Waals surface area contributed by atoms with Gasteiger partial charge in [-0.1, -0.05) is 42.5 Å². The first-order chi connectivity index (χ1) is 15.3. The van der Waals surface area contributed by atoms with E-state index in [1.165, 1.54) is 0 Å². The monoisotopic (exact) mass is 433 g/mol. The fraction of sp³-hybridized carbons (Fsp3) is 0.481. The third-order valence-electron chi connectivity index (χ3n) is 7.89. The van der Waals surface area contributed by atoms with Crippen molar-refractivity contribution in [3.05, 3.63) is 54.6 Å². The van der Waals surface area contributed by atoms with Gasteiger partial charge >= 0.3 is 5.97 Å². The molecule has 0 aliphatic heterocycles. The van der Waals surface area contributed by atoms with E-state index in [0.29, 0.717) is 24.5 Å². The minimum atomic E-state index is -1.03. The lowest BCUT2D eigenvalue weighted by molar-refractivity contribution is -0.168. The highest BCUT2D eigenvalue weighted by atomic mass is 16.5. The van der Waals surface area contributed by atoms with E-state index < -0.39 is 17.0 Å². The molecule has 4 aliphatic carbocycles. The number of hydrogen-bond donors (Lipinski definition) is 2. The number of amides is 1. The van der Waals surface area contributed by atoms with Crippen LogP contribution in [0.25, 0.3) is 11.1 Å². The Hall–Kier alpha value is -2.82. The van der Waals surface area contributed by atoms with Crippen molar-refractivity contribution in [1.82, 2.24) is 5.32 Å².